The van der Waals surface area contributed by atoms with Gasteiger partial charge < -0.3 is 19.7 Å². The van der Waals surface area contributed by atoms with Gasteiger partial charge in [0.15, 0.2) is 0 Å². The van der Waals surface area contributed by atoms with E-state index in [2.05, 4.69) is 15.0 Å². The quantitative estimate of drug-likeness (QED) is 0.856. The number of ether oxygens (including phenoxy) is 2. The van der Waals surface area contributed by atoms with Gasteiger partial charge in [-0.1, -0.05) is 0 Å². The summed E-state index contributed by atoms with van der Waals surface area (Å²) in [5.41, 5.74) is -0.0555. The monoisotopic (exact) mass is 335 g/mol. The summed E-state index contributed by atoms with van der Waals surface area (Å²) in [6, 6.07) is 3.67. The Morgan fingerprint density at radius 3 is 2.42 bits per heavy atom. The Bertz CT molecular complexity index is 572. The zero-order valence-corrected chi connectivity index (χ0v) is 14.7. The van der Waals surface area contributed by atoms with E-state index in [1.54, 1.807) is 17.0 Å². The Hall–Kier alpha value is -2.31. The topological polar surface area (TPSA) is 80.8 Å². The van der Waals surface area contributed by atoms with Crippen molar-refractivity contribution in [1.82, 2.24) is 9.88 Å². The summed E-state index contributed by atoms with van der Waals surface area (Å²) in [5.74, 6) is 0.304. The number of nitrogens with one attached hydrogen (secondary N) is 1. The van der Waals surface area contributed by atoms with Crippen LogP contribution in [0.4, 0.5) is 10.6 Å². The minimum Gasteiger partial charge on any atom is -0.465 e. The minimum atomic E-state index is -0.475. The predicted molar refractivity (Wildman–Crippen MR) is 90.0 cm³/mol. The van der Waals surface area contributed by atoms with Gasteiger partial charge in [-0.05, 0) is 45.7 Å². The lowest BCUT2D eigenvalue weighted by atomic mass is 10.1. The second-order valence-corrected chi connectivity index (χ2v) is 6.81. The number of rotatable bonds is 3. The maximum Gasteiger partial charge on any atom is 0.410 e. The molecule has 1 amide bonds. The Kier molecular flexibility index (Phi) is 5.64. The molecule has 1 aromatic heterocycles. The van der Waals surface area contributed by atoms with Crippen LogP contribution in [0.2, 0.25) is 0 Å². The van der Waals surface area contributed by atoms with Crippen molar-refractivity contribution in [2.24, 2.45) is 0 Å². The molecule has 7 heteroatoms. The van der Waals surface area contributed by atoms with Crippen LogP contribution in [0.25, 0.3) is 0 Å². The number of aromatic nitrogens is 1. The van der Waals surface area contributed by atoms with Crippen molar-refractivity contribution in [2.75, 3.05) is 25.5 Å². The number of carbonyl (C=O) groups is 2. The van der Waals surface area contributed by atoms with E-state index in [-0.39, 0.29) is 12.1 Å². The van der Waals surface area contributed by atoms with Crippen LogP contribution < -0.4 is 5.32 Å². The van der Waals surface area contributed by atoms with Gasteiger partial charge in [-0.2, -0.15) is 0 Å². The van der Waals surface area contributed by atoms with E-state index in [0.29, 0.717) is 24.5 Å². The molecule has 7 nitrogen and oxygen atoms in total. The average molecular weight is 335 g/mol. The molecule has 1 N–H and O–H groups in total. The number of piperidine rings is 1. The van der Waals surface area contributed by atoms with Gasteiger partial charge in [0.1, 0.15) is 11.4 Å². The highest BCUT2D eigenvalue weighted by atomic mass is 16.6. The van der Waals surface area contributed by atoms with Crippen LogP contribution in [0.15, 0.2) is 18.3 Å². The number of anilines is 1. The van der Waals surface area contributed by atoms with Crippen LogP contribution in [0.3, 0.4) is 0 Å². The Morgan fingerprint density at radius 1 is 1.25 bits per heavy atom. The summed E-state index contributed by atoms with van der Waals surface area (Å²) in [6.07, 6.45) is 2.87. The zero-order valence-electron chi connectivity index (χ0n) is 14.7. The van der Waals surface area contributed by atoms with Crippen LogP contribution in [0.1, 0.15) is 44.0 Å². The number of hydrogen-bond acceptors (Lipinski definition) is 6. The summed E-state index contributed by atoms with van der Waals surface area (Å²) in [4.78, 5) is 29.4. The molecule has 24 heavy (non-hydrogen) atoms. The number of nitrogens with zero attached hydrogens (tertiary/aromatic N) is 2. The SMILES string of the molecule is COC(=O)c1ccc(NC2CCN(C(=O)OC(C)(C)C)CC2)nc1. The van der Waals surface area contributed by atoms with E-state index in [9.17, 15) is 9.59 Å². The number of methoxy groups -OCH3 is 1. The van der Waals surface area contributed by atoms with E-state index >= 15 is 0 Å². The molecule has 2 heterocycles. The lowest BCUT2D eigenvalue weighted by Gasteiger charge is -2.33. The second kappa shape index (κ2) is 7.51. The molecule has 0 unspecified atom stereocenters. The molecule has 1 aromatic rings. The van der Waals surface area contributed by atoms with Gasteiger partial charge in [0.2, 0.25) is 0 Å². The van der Waals surface area contributed by atoms with Crippen LogP contribution in [-0.2, 0) is 9.47 Å². The number of pyridine rings is 1. The summed E-state index contributed by atoms with van der Waals surface area (Å²) in [7, 11) is 1.34. The van der Waals surface area contributed by atoms with Gasteiger partial charge in [-0.3, -0.25) is 0 Å². The number of amides is 1. The summed E-state index contributed by atoms with van der Waals surface area (Å²) < 4.78 is 10.0. The van der Waals surface area contributed by atoms with E-state index in [0.717, 1.165) is 12.8 Å². The van der Waals surface area contributed by atoms with Crippen LogP contribution in [-0.4, -0.2) is 53.8 Å². The smallest absolute Gasteiger partial charge is 0.410 e. The largest absolute Gasteiger partial charge is 0.465 e. The first-order valence-electron chi connectivity index (χ1n) is 8.07. The maximum absolute atomic E-state index is 12.0. The normalized spacial score (nSPS) is 15.8. The molecule has 0 saturated carbocycles. The number of esters is 1. The van der Waals surface area contributed by atoms with Crippen molar-refractivity contribution in [2.45, 2.75) is 45.3 Å². The standard InChI is InChI=1S/C17H25N3O4/c1-17(2,3)24-16(22)20-9-7-13(8-10-20)19-14-6-5-12(11-18-14)15(21)23-4/h5-6,11,13H,7-10H2,1-4H3,(H,18,19). The molecular formula is C17H25N3O4. The molecule has 0 bridgehead atoms. The Labute approximate surface area is 142 Å². The third-order valence-corrected chi connectivity index (χ3v) is 3.68. The van der Waals surface area contributed by atoms with Crippen molar-refractivity contribution in [3.05, 3.63) is 23.9 Å². The van der Waals surface area contributed by atoms with Gasteiger partial charge in [0, 0.05) is 25.3 Å². The second-order valence-electron chi connectivity index (χ2n) is 6.81. The molecule has 1 fully saturated rings. The zero-order chi connectivity index (χ0) is 17.7. The van der Waals surface area contributed by atoms with Gasteiger partial charge >= 0.3 is 12.1 Å². The molecular weight excluding hydrogens is 310 g/mol. The summed E-state index contributed by atoms with van der Waals surface area (Å²) >= 11 is 0. The molecule has 1 saturated heterocycles. The summed E-state index contributed by atoms with van der Waals surface area (Å²) in [5, 5.41) is 3.33. The van der Waals surface area contributed by atoms with Crippen molar-refractivity contribution >= 4 is 17.9 Å². The molecule has 0 radical (unpaired) electrons. The fourth-order valence-electron chi connectivity index (χ4n) is 2.46. The highest BCUT2D eigenvalue weighted by Crippen LogP contribution is 2.18. The van der Waals surface area contributed by atoms with Crippen LogP contribution in [0.5, 0.6) is 0 Å². The first-order valence-corrected chi connectivity index (χ1v) is 8.07. The lowest BCUT2D eigenvalue weighted by Crippen LogP contribution is -2.44. The van der Waals surface area contributed by atoms with Gasteiger partial charge in [0.25, 0.3) is 0 Å². The van der Waals surface area contributed by atoms with Crippen molar-refractivity contribution in [1.29, 1.82) is 0 Å². The molecule has 0 atom stereocenters. The average Bonchev–Trinajstić information content (AvgIpc) is 2.54. The fraction of sp³-hybridized carbons (Fsp3) is 0.588. The van der Waals surface area contributed by atoms with Gasteiger partial charge in [-0.15, -0.1) is 0 Å². The molecule has 0 spiro atoms. The highest BCUT2D eigenvalue weighted by Gasteiger charge is 2.26. The molecule has 1 aliphatic rings. The number of carbonyl (C=O) groups excluding carboxylic acids is 2. The summed E-state index contributed by atoms with van der Waals surface area (Å²) in [6.45, 7) is 6.88. The van der Waals surface area contributed by atoms with Gasteiger partial charge in [-0.25, -0.2) is 14.6 Å². The molecule has 1 aliphatic heterocycles. The van der Waals surface area contributed by atoms with E-state index in [4.69, 9.17) is 4.74 Å². The third kappa shape index (κ3) is 5.11. The molecule has 132 valence electrons. The third-order valence-electron chi connectivity index (χ3n) is 3.68. The van der Waals surface area contributed by atoms with E-state index in [1.165, 1.54) is 13.3 Å². The molecule has 0 aliphatic carbocycles. The number of hydrogen-bond donors (Lipinski definition) is 1. The Morgan fingerprint density at radius 2 is 1.92 bits per heavy atom. The van der Waals surface area contributed by atoms with E-state index in [1.807, 2.05) is 20.8 Å². The van der Waals surface area contributed by atoms with Crippen molar-refractivity contribution in [3.63, 3.8) is 0 Å². The fourth-order valence-corrected chi connectivity index (χ4v) is 2.46. The first kappa shape index (κ1) is 18.0. The molecule has 2 rings (SSSR count). The van der Waals surface area contributed by atoms with Gasteiger partial charge in [0.05, 0.1) is 12.7 Å². The first-order chi connectivity index (χ1) is 11.3. The van der Waals surface area contributed by atoms with Crippen LogP contribution >= 0.6 is 0 Å². The number of likely N-dealkylation sites (tertiary alicyclic amines) is 1. The minimum absolute atomic E-state index is 0.236. The van der Waals surface area contributed by atoms with Crippen LogP contribution in [0, 0.1) is 0 Å². The lowest BCUT2D eigenvalue weighted by molar-refractivity contribution is 0.0210. The predicted octanol–water partition coefficient (Wildman–Crippen LogP) is 2.68. The Balaban J connectivity index is 1.82. The van der Waals surface area contributed by atoms with E-state index < -0.39 is 11.6 Å². The molecule has 0 aromatic carbocycles. The van der Waals surface area contributed by atoms with Crippen molar-refractivity contribution < 1.29 is 19.1 Å². The highest BCUT2D eigenvalue weighted by molar-refractivity contribution is 5.89. The maximum atomic E-state index is 12.0. The van der Waals surface area contributed by atoms with Crippen molar-refractivity contribution in [3.8, 4) is 0 Å².